The Labute approximate surface area is 164 Å². The number of carbonyl (C=O) groups excluding carboxylic acids is 1. The minimum atomic E-state index is -0.184. The van der Waals surface area contributed by atoms with Crippen molar-refractivity contribution in [2.75, 3.05) is 42.7 Å². The molecule has 0 spiro atoms. The van der Waals surface area contributed by atoms with E-state index in [1.807, 2.05) is 25.7 Å². The molecule has 27 heavy (non-hydrogen) atoms. The summed E-state index contributed by atoms with van der Waals surface area (Å²) in [5, 5.41) is 8.87. The molecule has 7 nitrogen and oxygen atoms in total. The first kappa shape index (κ1) is 19.5. The maximum Gasteiger partial charge on any atom is 0.233 e. The van der Waals surface area contributed by atoms with Crippen LogP contribution < -0.4 is 10.7 Å². The van der Waals surface area contributed by atoms with Gasteiger partial charge in [-0.05, 0) is 24.6 Å². The van der Waals surface area contributed by atoms with Crippen LogP contribution in [0.15, 0.2) is 29.4 Å². The van der Waals surface area contributed by atoms with Crippen LogP contribution in [0, 0.1) is 6.92 Å². The van der Waals surface area contributed by atoms with Crippen LogP contribution in [0.1, 0.15) is 32.2 Å². The Morgan fingerprint density at radius 3 is 2.48 bits per heavy atom. The van der Waals surface area contributed by atoms with E-state index in [2.05, 4.69) is 46.3 Å². The van der Waals surface area contributed by atoms with E-state index >= 15 is 0 Å². The lowest BCUT2D eigenvalue weighted by Gasteiger charge is -2.36. The number of nitrogens with two attached hydrogens (primary N) is 1. The van der Waals surface area contributed by atoms with Crippen molar-refractivity contribution in [2.45, 2.75) is 38.3 Å². The minimum Gasteiger partial charge on any atom is -0.368 e. The molecule has 0 bridgehead atoms. The first-order valence-electron chi connectivity index (χ1n) is 9.19. The van der Waals surface area contributed by atoms with Crippen molar-refractivity contribution in [3.05, 3.63) is 35.7 Å². The number of hydrogen-bond donors (Lipinski definition) is 1. The number of piperazine rings is 1. The summed E-state index contributed by atoms with van der Waals surface area (Å²) in [4.78, 5) is 16.8. The Kier molecular flexibility index (Phi) is 5.64. The molecule has 1 saturated heterocycles. The maximum atomic E-state index is 12.6. The summed E-state index contributed by atoms with van der Waals surface area (Å²) in [5.74, 6) is 7.24. The van der Waals surface area contributed by atoms with E-state index in [1.165, 1.54) is 27.7 Å². The Morgan fingerprint density at radius 2 is 1.89 bits per heavy atom. The van der Waals surface area contributed by atoms with Gasteiger partial charge in [0.25, 0.3) is 0 Å². The van der Waals surface area contributed by atoms with Gasteiger partial charge in [-0.1, -0.05) is 44.7 Å². The highest BCUT2D eigenvalue weighted by Gasteiger charge is 2.25. The molecule has 1 fully saturated rings. The van der Waals surface area contributed by atoms with Crippen molar-refractivity contribution in [3.8, 4) is 0 Å². The molecule has 0 radical (unpaired) electrons. The zero-order valence-electron chi connectivity index (χ0n) is 16.5. The Bertz CT molecular complexity index is 805. The number of hydrogen-bond acceptors (Lipinski definition) is 6. The molecular formula is C19H28N6OS. The number of anilines is 1. The van der Waals surface area contributed by atoms with Crippen LogP contribution in [-0.4, -0.2) is 57.6 Å². The zero-order valence-corrected chi connectivity index (χ0v) is 17.3. The van der Waals surface area contributed by atoms with E-state index in [0.717, 1.165) is 26.2 Å². The molecule has 3 rings (SSSR count). The first-order valence-corrected chi connectivity index (χ1v) is 10.2. The van der Waals surface area contributed by atoms with Crippen LogP contribution >= 0.6 is 11.8 Å². The van der Waals surface area contributed by atoms with E-state index in [9.17, 15) is 4.79 Å². The predicted molar refractivity (Wildman–Crippen MR) is 110 cm³/mol. The highest BCUT2D eigenvalue weighted by Crippen LogP contribution is 2.24. The van der Waals surface area contributed by atoms with Gasteiger partial charge in [-0.15, -0.1) is 10.2 Å². The van der Waals surface area contributed by atoms with E-state index < -0.39 is 0 Å². The second-order valence-corrected chi connectivity index (χ2v) is 8.86. The largest absolute Gasteiger partial charge is 0.368 e. The molecule has 2 N–H and O–H groups in total. The summed E-state index contributed by atoms with van der Waals surface area (Å²) in [7, 11) is 0. The smallest absolute Gasteiger partial charge is 0.233 e. The fourth-order valence-corrected chi connectivity index (χ4v) is 3.90. The molecule has 1 aliphatic rings. The number of nitrogens with zero attached hydrogens (tertiary/aromatic N) is 5. The van der Waals surface area contributed by atoms with Crippen LogP contribution in [-0.2, 0) is 10.2 Å². The maximum absolute atomic E-state index is 12.6. The molecule has 2 aromatic rings. The summed E-state index contributed by atoms with van der Waals surface area (Å²) < 4.78 is 1.49. The van der Waals surface area contributed by atoms with Gasteiger partial charge in [0.2, 0.25) is 11.1 Å². The topological polar surface area (TPSA) is 80.3 Å². The van der Waals surface area contributed by atoms with Gasteiger partial charge in [0, 0.05) is 37.3 Å². The van der Waals surface area contributed by atoms with E-state index in [4.69, 9.17) is 5.84 Å². The summed E-state index contributed by atoms with van der Waals surface area (Å²) in [6, 6.07) is 8.49. The van der Waals surface area contributed by atoms with Crippen molar-refractivity contribution >= 4 is 23.4 Å². The number of amides is 1. The third-order valence-electron chi connectivity index (χ3n) is 4.66. The molecule has 1 aromatic carbocycles. The molecule has 0 atom stereocenters. The molecule has 146 valence electrons. The van der Waals surface area contributed by atoms with Crippen LogP contribution in [0.25, 0.3) is 0 Å². The van der Waals surface area contributed by atoms with Crippen LogP contribution in [0.2, 0.25) is 0 Å². The lowest BCUT2D eigenvalue weighted by Crippen LogP contribution is -2.49. The minimum absolute atomic E-state index is 0.115. The monoisotopic (exact) mass is 388 g/mol. The Morgan fingerprint density at radius 1 is 1.19 bits per heavy atom. The third kappa shape index (κ3) is 4.55. The fraction of sp³-hybridized carbons (Fsp3) is 0.526. The van der Waals surface area contributed by atoms with Crippen molar-refractivity contribution in [2.24, 2.45) is 0 Å². The predicted octanol–water partition coefficient (Wildman–Crippen LogP) is 2.04. The van der Waals surface area contributed by atoms with E-state index in [0.29, 0.717) is 16.7 Å². The number of rotatable bonds is 4. The van der Waals surface area contributed by atoms with Crippen molar-refractivity contribution in [1.82, 2.24) is 19.8 Å². The Hall–Kier alpha value is -2.22. The van der Waals surface area contributed by atoms with Gasteiger partial charge in [0.1, 0.15) is 0 Å². The van der Waals surface area contributed by atoms with Crippen LogP contribution in [0.3, 0.4) is 0 Å². The summed E-state index contributed by atoms with van der Waals surface area (Å²) in [5.41, 5.74) is 2.29. The highest BCUT2D eigenvalue weighted by atomic mass is 32.2. The van der Waals surface area contributed by atoms with E-state index in [-0.39, 0.29) is 11.3 Å². The molecule has 0 unspecified atom stereocenters. The molecule has 0 saturated carbocycles. The second kappa shape index (κ2) is 7.80. The van der Waals surface area contributed by atoms with Gasteiger partial charge in [0.05, 0.1) is 5.75 Å². The third-order valence-corrected chi connectivity index (χ3v) is 5.59. The second-order valence-electron chi connectivity index (χ2n) is 7.92. The fourth-order valence-electron chi connectivity index (χ4n) is 3.14. The highest BCUT2D eigenvalue weighted by molar-refractivity contribution is 7.99. The molecule has 8 heteroatoms. The number of thioether (sulfide) groups is 1. The van der Waals surface area contributed by atoms with Gasteiger partial charge in [0.15, 0.2) is 5.82 Å². The molecule has 2 heterocycles. The van der Waals surface area contributed by atoms with Crippen molar-refractivity contribution in [3.63, 3.8) is 0 Å². The average Bonchev–Trinajstić information content (AvgIpc) is 3.01. The average molecular weight is 389 g/mol. The van der Waals surface area contributed by atoms with Gasteiger partial charge in [-0.3, -0.25) is 4.79 Å². The number of aryl methyl sites for hydroxylation is 1. The number of aromatic nitrogens is 3. The van der Waals surface area contributed by atoms with Crippen molar-refractivity contribution < 1.29 is 4.79 Å². The number of nitrogen functional groups attached to an aromatic ring is 1. The van der Waals surface area contributed by atoms with Gasteiger partial charge in [-0.25, -0.2) is 4.68 Å². The SMILES string of the molecule is Cc1cccc(N2CCN(C(=O)CSc3nnc(C(C)(C)C)n3N)CC2)c1. The van der Waals surface area contributed by atoms with Crippen LogP contribution in [0.4, 0.5) is 5.69 Å². The lowest BCUT2D eigenvalue weighted by molar-refractivity contribution is -0.128. The van der Waals surface area contributed by atoms with Crippen molar-refractivity contribution in [1.29, 1.82) is 0 Å². The van der Waals surface area contributed by atoms with Gasteiger partial charge < -0.3 is 15.6 Å². The number of carbonyl (C=O) groups is 1. The molecule has 0 aliphatic carbocycles. The normalized spacial score (nSPS) is 15.3. The Balaban J connectivity index is 1.52. The van der Waals surface area contributed by atoms with E-state index in [1.54, 1.807) is 0 Å². The summed E-state index contributed by atoms with van der Waals surface area (Å²) in [6.07, 6.45) is 0. The molecular weight excluding hydrogens is 360 g/mol. The molecule has 1 aromatic heterocycles. The number of benzene rings is 1. The first-order chi connectivity index (χ1) is 12.8. The molecule has 1 aliphatic heterocycles. The zero-order chi connectivity index (χ0) is 19.6. The summed E-state index contributed by atoms with van der Waals surface area (Å²) in [6.45, 7) is 11.4. The van der Waals surface area contributed by atoms with Gasteiger partial charge in [-0.2, -0.15) is 0 Å². The standard InChI is InChI=1S/C19H28N6OS/c1-14-6-5-7-15(12-14)23-8-10-24(11-9-23)16(26)13-27-18-22-21-17(25(18)20)19(2,3)4/h5-7,12H,8-11,13,20H2,1-4H3. The van der Waals surface area contributed by atoms with Gasteiger partial charge >= 0.3 is 0 Å². The van der Waals surface area contributed by atoms with Crippen LogP contribution in [0.5, 0.6) is 0 Å². The lowest BCUT2D eigenvalue weighted by atomic mass is 9.96. The molecule has 1 amide bonds. The summed E-state index contributed by atoms with van der Waals surface area (Å²) >= 11 is 1.34. The quantitative estimate of drug-likeness (QED) is 0.638.